The third-order valence-corrected chi connectivity index (χ3v) is 3.30. The molecule has 1 aliphatic rings. The van der Waals surface area contributed by atoms with Gasteiger partial charge in [0.05, 0.1) is 6.54 Å². The van der Waals surface area contributed by atoms with Crippen LogP contribution in [-0.2, 0) is 6.54 Å². The van der Waals surface area contributed by atoms with Gasteiger partial charge in [0.1, 0.15) is 0 Å². The van der Waals surface area contributed by atoms with Crippen molar-refractivity contribution in [3.05, 3.63) is 30.2 Å². The van der Waals surface area contributed by atoms with Gasteiger partial charge in [0, 0.05) is 12.2 Å². The molecule has 84 valence electrons. The monoisotopic (exact) mass is 216 g/mol. The summed E-state index contributed by atoms with van der Waals surface area (Å²) < 4.78 is 2.03. The zero-order valence-corrected chi connectivity index (χ0v) is 9.43. The summed E-state index contributed by atoms with van der Waals surface area (Å²) in [6.45, 7) is 3.05. The van der Waals surface area contributed by atoms with E-state index in [4.69, 9.17) is 0 Å². The summed E-state index contributed by atoms with van der Waals surface area (Å²) in [4.78, 5) is 0. The number of aromatic nitrogens is 3. The summed E-state index contributed by atoms with van der Waals surface area (Å²) in [6.07, 6.45) is 4.75. The quantitative estimate of drug-likeness (QED) is 0.844. The Bertz CT molecular complexity index is 486. The van der Waals surface area contributed by atoms with Crippen LogP contribution in [0.4, 0.5) is 0 Å². The Morgan fingerprint density at radius 3 is 3.12 bits per heavy atom. The Labute approximate surface area is 94.7 Å². The molecular formula is C12H16N4. The van der Waals surface area contributed by atoms with Crippen molar-refractivity contribution >= 4 is 5.65 Å². The van der Waals surface area contributed by atoms with Crippen LogP contribution in [0.3, 0.4) is 0 Å². The number of hydrogen-bond acceptors (Lipinski definition) is 3. The van der Waals surface area contributed by atoms with Crippen molar-refractivity contribution in [2.75, 3.05) is 0 Å². The van der Waals surface area contributed by atoms with Gasteiger partial charge in [-0.2, -0.15) is 0 Å². The average molecular weight is 216 g/mol. The zero-order chi connectivity index (χ0) is 11.0. The van der Waals surface area contributed by atoms with Crippen molar-refractivity contribution in [1.82, 2.24) is 19.9 Å². The van der Waals surface area contributed by atoms with Crippen molar-refractivity contribution in [3.63, 3.8) is 0 Å². The van der Waals surface area contributed by atoms with Gasteiger partial charge in [-0.25, -0.2) is 0 Å². The number of nitrogens with zero attached hydrogens (tertiary/aromatic N) is 3. The molecule has 0 aliphatic heterocycles. The van der Waals surface area contributed by atoms with Gasteiger partial charge in [-0.3, -0.25) is 4.40 Å². The lowest BCUT2D eigenvalue weighted by Crippen LogP contribution is -2.28. The van der Waals surface area contributed by atoms with E-state index in [2.05, 4.69) is 22.4 Å². The summed E-state index contributed by atoms with van der Waals surface area (Å²) in [5, 5.41) is 11.8. The molecule has 0 unspecified atom stereocenters. The topological polar surface area (TPSA) is 42.2 Å². The number of hydrogen-bond donors (Lipinski definition) is 1. The van der Waals surface area contributed by atoms with Crippen LogP contribution in [0.25, 0.3) is 5.65 Å². The van der Waals surface area contributed by atoms with Crippen molar-refractivity contribution in [2.45, 2.75) is 32.4 Å². The molecule has 16 heavy (non-hydrogen) atoms. The molecule has 2 aromatic rings. The van der Waals surface area contributed by atoms with Crippen molar-refractivity contribution in [1.29, 1.82) is 0 Å². The Morgan fingerprint density at radius 2 is 2.31 bits per heavy atom. The molecule has 4 heteroatoms. The Hall–Kier alpha value is -1.42. The van der Waals surface area contributed by atoms with Crippen molar-refractivity contribution in [3.8, 4) is 0 Å². The highest BCUT2D eigenvalue weighted by Crippen LogP contribution is 2.32. The van der Waals surface area contributed by atoms with E-state index in [1.807, 2.05) is 28.8 Å². The fraction of sp³-hybridized carbons (Fsp3) is 0.500. The molecule has 0 spiro atoms. The summed E-state index contributed by atoms with van der Waals surface area (Å²) >= 11 is 0. The highest BCUT2D eigenvalue weighted by Gasteiger charge is 2.27. The van der Waals surface area contributed by atoms with Crippen LogP contribution in [0.1, 0.15) is 25.6 Å². The van der Waals surface area contributed by atoms with Gasteiger partial charge in [-0.05, 0) is 37.8 Å². The first-order valence-corrected chi connectivity index (χ1v) is 5.86. The maximum Gasteiger partial charge on any atom is 0.160 e. The average Bonchev–Trinajstić information content (AvgIpc) is 3.08. The van der Waals surface area contributed by atoms with Crippen LogP contribution < -0.4 is 5.32 Å². The minimum Gasteiger partial charge on any atom is -0.307 e. The normalized spacial score (nSPS) is 17.8. The first-order valence-electron chi connectivity index (χ1n) is 5.86. The van der Waals surface area contributed by atoms with Crippen LogP contribution in [0, 0.1) is 5.92 Å². The van der Waals surface area contributed by atoms with E-state index >= 15 is 0 Å². The molecule has 3 rings (SSSR count). The lowest BCUT2D eigenvalue weighted by atomic mass is 10.2. The van der Waals surface area contributed by atoms with E-state index in [9.17, 15) is 0 Å². The second kappa shape index (κ2) is 3.87. The van der Waals surface area contributed by atoms with Crippen LogP contribution >= 0.6 is 0 Å². The minimum absolute atomic E-state index is 0.594. The maximum atomic E-state index is 4.20. The Kier molecular flexibility index (Phi) is 2.36. The summed E-state index contributed by atoms with van der Waals surface area (Å²) in [6, 6.07) is 6.55. The first-order chi connectivity index (χ1) is 7.84. The minimum atomic E-state index is 0.594. The summed E-state index contributed by atoms with van der Waals surface area (Å²) in [5.74, 6) is 1.86. The predicted octanol–water partition coefficient (Wildman–Crippen LogP) is 1.62. The van der Waals surface area contributed by atoms with Crippen LogP contribution in [0.15, 0.2) is 24.4 Å². The number of fused-ring (bicyclic) bond motifs is 1. The number of rotatable bonds is 4. The van der Waals surface area contributed by atoms with Crippen LogP contribution in [0.5, 0.6) is 0 Å². The highest BCUT2D eigenvalue weighted by atomic mass is 15.3. The van der Waals surface area contributed by atoms with Gasteiger partial charge in [0.25, 0.3) is 0 Å². The van der Waals surface area contributed by atoms with Gasteiger partial charge < -0.3 is 5.32 Å². The SMILES string of the molecule is C[C@@H](NCc1nnc2ccccn12)C1CC1. The van der Waals surface area contributed by atoms with Crippen molar-refractivity contribution < 1.29 is 0 Å². The van der Waals surface area contributed by atoms with Crippen LogP contribution in [0.2, 0.25) is 0 Å². The summed E-state index contributed by atoms with van der Waals surface area (Å²) in [5.41, 5.74) is 0.915. The smallest absolute Gasteiger partial charge is 0.160 e. The molecule has 1 N–H and O–H groups in total. The van der Waals surface area contributed by atoms with E-state index < -0.39 is 0 Å². The molecule has 2 heterocycles. The van der Waals surface area contributed by atoms with E-state index in [1.54, 1.807) is 0 Å². The number of pyridine rings is 1. The van der Waals surface area contributed by atoms with E-state index in [-0.39, 0.29) is 0 Å². The molecule has 0 saturated heterocycles. The molecule has 1 atom stereocenters. The fourth-order valence-corrected chi connectivity index (χ4v) is 2.03. The molecular weight excluding hydrogens is 200 g/mol. The van der Waals surface area contributed by atoms with Gasteiger partial charge in [-0.15, -0.1) is 10.2 Å². The van der Waals surface area contributed by atoms with E-state index in [0.717, 1.165) is 23.9 Å². The number of nitrogens with one attached hydrogen (secondary N) is 1. The lowest BCUT2D eigenvalue weighted by molar-refractivity contribution is 0.486. The molecule has 1 fully saturated rings. The summed E-state index contributed by atoms with van der Waals surface area (Å²) in [7, 11) is 0. The highest BCUT2D eigenvalue weighted by molar-refractivity contribution is 5.36. The molecule has 4 nitrogen and oxygen atoms in total. The maximum absolute atomic E-state index is 4.20. The van der Waals surface area contributed by atoms with Crippen molar-refractivity contribution in [2.24, 2.45) is 5.92 Å². The van der Waals surface area contributed by atoms with Gasteiger partial charge in [0.2, 0.25) is 0 Å². The molecule has 0 amide bonds. The second-order valence-corrected chi connectivity index (χ2v) is 4.55. The molecule has 2 aromatic heterocycles. The second-order valence-electron chi connectivity index (χ2n) is 4.55. The van der Waals surface area contributed by atoms with E-state index in [0.29, 0.717) is 6.04 Å². The molecule has 0 bridgehead atoms. The molecule has 0 aromatic carbocycles. The van der Waals surface area contributed by atoms with Gasteiger partial charge >= 0.3 is 0 Å². The molecule has 1 saturated carbocycles. The largest absolute Gasteiger partial charge is 0.307 e. The van der Waals surface area contributed by atoms with E-state index in [1.165, 1.54) is 12.8 Å². The molecule has 1 aliphatic carbocycles. The third kappa shape index (κ3) is 1.80. The van der Waals surface area contributed by atoms with Gasteiger partial charge in [-0.1, -0.05) is 6.07 Å². The Morgan fingerprint density at radius 1 is 1.44 bits per heavy atom. The molecule has 0 radical (unpaired) electrons. The Balaban J connectivity index is 1.73. The third-order valence-electron chi connectivity index (χ3n) is 3.30. The standard InChI is InChI=1S/C12H16N4/c1-9(10-5-6-10)13-8-12-15-14-11-4-2-3-7-16(11)12/h2-4,7,9-10,13H,5-6,8H2,1H3/t9-/m1/s1. The fourth-order valence-electron chi connectivity index (χ4n) is 2.03. The van der Waals surface area contributed by atoms with Crippen LogP contribution in [-0.4, -0.2) is 20.6 Å². The van der Waals surface area contributed by atoms with Gasteiger partial charge in [0.15, 0.2) is 11.5 Å². The predicted molar refractivity (Wildman–Crippen MR) is 62.0 cm³/mol. The lowest BCUT2D eigenvalue weighted by Gasteiger charge is -2.11. The zero-order valence-electron chi connectivity index (χ0n) is 9.43. The first kappa shape index (κ1) is 9.78.